The van der Waals surface area contributed by atoms with E-state index >= 15 is 0 Å². The van der Waals surface area contributed by atoms with Crippen LogP contribution in [0.2, 0.25) is 5.02 Å². The van der Waals surface area contributed by atoms with Crippen LogP contribution in [0.1, 0.15) is 16.2 Å². The molecule has 0 atom stereocenters. The van der Waals surface area contributed by atoms with Crippen molar-refractivity contribution in [3.05, 3.63) is 53.1 Å². The third-order valence-corrected chi connectivity index (χ3v) is 3.78. The highest BCUT2D eigenvalue weighted by Gasteiger charge is 2.11. The molecule has 0 bridgehead atoms. The summed E-state index contributed by atoms with van der Waals surface area (Å²) in [5.74, 6) is 0.879. The number of carbonyl (C=O) groups excluding carboxylic acids is 1. The summed E-state index contributed by atoms with van der Waals surface area (Å²) in [5, 5.41) is 17.5. The van der Waals surface area contributed by atoms with Gasteiger partial charge in [-0.05, 0) is 18.2 Å². The largest absolute Gasteiger partial charge is 0.497 e. The van der Waals surface area contributed by atoms with Gasteiger partial charge >= 0.3 is 0 Å². The van der Waals surface area contributed by atoms with Crippen LogP contribution in [0.25, 0.3) is 0 Å². The molecule has 26 heavy (non-hydrogen) atoms. The molecule has 9 nitrogen and oxygen atoms in total. The molecule has 3 rings (SSSR count). The zero-order valence-electron chi connectivity index (χ0n) is 14.0. The highest BCUT2D eigenvalue weighted by atomic mass is 35.5. The lowest BCUT2D eigenvalue weighted by Gasteiger charge is -2.08. The Labute approximate surface area is 154 Å². The molecule has 0 aliphatic carbocycles. The monoisotopic (exact) mass is 376 g/mol. The minimum atomic E-state index is -0.282. The number of ether oxygens (including phenoxy) is 2. The average Bonchev–Trinajstić information content (AvgIpc) is 3.32. The normalized spacial score (nSPS) is 10.5. The number of H-pyrrole nitrogens is 1. The molecule has 3 aromatic rings. The summed E-state index contributed by atoms with van der Waals surface area (Å²) in [5.41, 5.74) is 0.932. The van der Waals surface area contributed by atoms with E-state index in [-0.39, 0.29) is 18.2 Å². The topological polar surface area (TPSA) is 107 Å². The Morgan fingerprint density at radius 1 is 1.38 bits per heavy atom. The summed E-state index contributed by atoms with van der Waals surface area (Å²) < 4.78 is 12.4. The molecule has 0 saturated carbocycles. The predicted octanol–water partition coefficient (Wildman–Crippen LogP) is 1.67. The molecule has 2 N–H and O–H groups in total. The standard InChI is InChI=1S/C16H17ClN6O3/c1-25-12-2-3-15(13(17)9-12)26-10-11-8-14(21-20-11)16(24)18-4-6-23-7-5-19-22-23/h2-3,5,7-9H,4,6,10H2,1H3,(H,18,24)(H,20,21). The SMILES string of the molecule is COc1ccc(OCc2cc(C(=O)NCCn3ccnn3)n[nH]2)c(Cl)c1. The van der Waals surface area contributed by atoms with Crippen molar-refractivity contribution < 1.29 is 14.3 Å². The zero-order chi connectivity index (χ0) is 18.4. The summed E-state index contributed by atoms with van der Waals surface area (Å²) in [6.07, 6.45) is 3.30. The summed E-state index contributed by atoms with van der Waals surface area (Å²) in [6, 6.07) is 6.76. The number of nitrogens with zero attached hydrogens (tertiary/aromatic N) is 4. The highest BCUT2D eigenvalue weighted by Crippen LogP contribution is 2.29. The Kier molecular flexibility index (Phi) is 5.69. The second-order valence-electron chi connectivity index (χ2n) is 5.29. The maximum Gasteiger partial charge on any atom is 0.271 e. The molecule has 10 heteroatoms. The molecule has 136 valence electrons. The number of methoxy groups -OCH3 is 1. The van der Waals surface area contributed by atoms with Crippen molar-refractivity contribution in [2.45, 2.75) is 13.2 Å². The van der Waals surface area contributed by atoms with Crippen molar-refractivity contribution in [1.29, 1.82) is 0 Å². The molecule has 0 aliphatic rings. The Balaban J connectivity index is 1.50. The van der Waals surface area contributed by atoms with Crippen molar-refractivity contribution in [3.63, 3.8) is 0 Å². The Bertz CT molecular complexity index is 865. The van der Waals surface area contributed by atoms with Crippen LogP contribution in [0.5, 0.6) is 11.5 Å². The van der Waals surface area contributed by atoms with Gasteiger partial charge in [-0.1, -0.05) is 16.8 Å². The van der Waals surface area contributed by atoms with Gasteiger partial charge < -0.3 is 14.8 Å². The van der Waals surface area contributed by atoms with Gasteiger partial charge in [0.25, 0.3) is 5.91 Å². The minimum absolute atomic E-state index is 0.200. The van der Waals surface area contributed by atoms with E-state index in [1.807, 2.05) is 0 Å². The van der Waals surface area contributed by atoms with Gasteiger partial charge in [0.05, 0.1) is 30.6 Å². The van der Waals surface area contributed by atoms with E-state index in [1.165, 1.54) is 0 Å². The number of aromatic nitrogens is 5. The van der Waals surface area contributed by atoms with Gasteiger partial charge in [0.2, 0.25) is 0 Å². The van der Waals surface area contributed by atoms with Gasteiger partial charge in [-0.2, -0.15) is 5.10 Å². The van der Waals surface area contributed by atoms with Crippen molar-refractivity contribution in [2.24, 2.45) is 0 Å². The lowest BCUT2D eigenvalue weighted by atomic mass is 10.3. The molecular formula is C16H17ClN6O3. The fraction of sp³-hybridized carbons (Fsp3) is 0.250. The summed E-state index contributed by atoms with van der Waals surface area (Å²) >= 11 is 6.12. The number of halogens is 1. The van der Waals surface area contributed by atoms with Crippen LogP contribution in [-0.4, -0.2) is 44.8 Å². The second-order valence-corrected chi connectivity index (χ2v) is 5.69. The highest BCUT2D eigenvalue weighted by molar-refractivity contribution is 6.32. The van der Waals surface area contributed by atoms with Crippen molar-refractivity contribution in [1.82, 2.24) is 30.5 Å². The first kappa shape index (κ1) is 17.7. The quantitative estimate of drug-likeness (QED) is 0.619. The third-order valence-electron chi connectivity index (χ3n) is 3.48. The first-order valence-corrected chi connectivity index (χ1v) is 8.16. The molecule has 0 spiro atoms. The number of benzene rings is 1. The zero-order valence-corrected chi connectivity index (χ0v) is 14.7. The van der Waals surface area contributed by atoms with Crippen molar-refractivity contribution in [2.75, 3.05) is 13.7 Å². The number of hydrogen-bond acceptors (Lipinski definition) is 6. The molecular weight excluding hydrogens is 360 g/mol. The van der Waals surface area contributed by atoms with E-state index in [2.05, 4.69) is 25.8 Å². The van der Waals surface area contributed by atoms with Gasteiger partial charge in [-0.15, -0.1) is 5.10 Å². The van der Waals surface area contributed by atoms with Gasteiger partial charge in [0, 0.05) is 18.8 Å². The minimum Gasteiger partial charge on any atom is -0.497 e. The average molecular weight is 377 g/mol. The molecule has 0 aliphatic heterocycles. The van der Waals surface area contributed by atoms with Crippen molar-refractivity contribution in [3.8, 4) is 11.5 Å². The fourth-order valence-corrected chi connectivity index (χ4v) is 2.38. The lowest BCUT2D eigenvalue weighted by Crippen LogP contribution is -2.27. The molecule has 0 unspecified atom stereocenters. The lowest BCUT2D eigenvalue weighted by molar-refractivity contribution is 0.0947. The second kappa shape index (κ2) is 8.34. The maximum atomic E-state index is 12.1. The molecule has 0 radical (unpaired) electrons. The van der Waals surface area contributed by atoms with Gasteiger partial charge in [0.15, 0.2) is 0 Å². The third kappa shape index (κ3) is 4.51. The molecule has 1 amide bonds. The molecule has 0 saturated heterocycles. The van der Waals surface area contributed by atoms with Crippen LogP contribution in [0.3, 0.4) is 0 Å². The number of rotatable bonds is 8. The van der Waals surface area contributed by atoms with Crippen LogP contribution in [-0.2, 0) is 13.2 Å². The van der Waals surface area contributed by atoms with Crippen LogP contribution >= 0.6 is 11.6 Å². The first-order chi connectivity index (χ1) is 12.7. The number of hydrogen-bond donors (Lipinski definition) is 2. The number of aromatic amines is 1. The maximum absolute atomic E-state index is 12.1. The van der Waals surface area contributed by atoms with Gasteiger partial charge in [-0.25, -0.2) is 0 Å². The van der Waals surface area contributed by atoms with Crippen molar-refractivity contribution >= 4 is 17.5 Å². The van der Waals surface area contributed by atoms with Crippen LogP contribution in [0, 0.1) is 0 Å². The Hall–Kier alpha value is -3.07. The van der Waals surface area contributed by atoms with E-state index in [0.717, 1.165) is 0 Å². The molecule has 2 aromatic heterocycles. The van der Waals surface area contributed by atoms with E-state index in [4.69, 9.17) is 21.1 Å². The number of amides is 1. The Morgan fingerprint density at radius 3 is 3.00 bits per heavy atom. The smallest absolute Gasteiger partial charge is 0.271 e. The fourth-order valence-electron chi connectivity index (χ4n) is 2.16. The molecule has 2 heterocycles. The van der Waals surface area contributed by atoms with Gasteiger partial charge in [-0.3, -0.25) is 14.6 Å². The molecule has 1 aromatic carbocycles. The Morgan fingerprint density at radius 2 is 2.27 bits per heavy atom. The van der Waals surface area contributed by atoms with E-state index in [9.17, 15) is 4.79 Å². The van der Waals surface area contributed by atoms with Crippen LogP contribution in [0.4, 0.5) is 0 Å². The molecule has 0 fully saturated rings. The van der Waals surface area contributed by atoms with E-state index < -0.39 is 0 Å². The summed E-state index contributed by atoms with van der Waals surface area (Å²) in [6.45, 7) is 1.15. The summed E-state index contributed by atoms with van der Waals surface area (Å²) in [4.78, 5) is 12.1. The number of nitrogens with one attached hydrogen (secondary N) is 2. The predicted molar refractivity (Wildman–Crippen MR) is 93.3 cm³/mol. The summed E-state index contributed by atoms with van der Waals surface area (Å²) in [7, 11) is 1.56. The van der Waals surface area contributed by atoms with E-state index in [1.54, 1.807) is 48.5 Å². The van der Waals surface area contributed by atoms with Crippen LogP contribution in [0.15, 0.2) is 36.7 Å². The van der Waals surface area contributed by atoms with Gasteiger partial charge in [0.1, 0.15) is 23.8 Å². The number of carbonyl (C=O) groups is 1. The van der Waals surface area contributed by atoms with E-state index in [0.29, 0.717) is 35.3 Å². The van der Waals surface area contributed by atoms with Crippen LogP contribution < -0.4 is 14.8 Å². The first-order valence-electron chi connectivity index (χ1n) is 7.78.